The van der Waals surface area contributed by atoms with E-state index in [1.807, 2.05) is 0 Å². The van der Waals surface area contributed by atoms with Gasteiger partial charge in [-0.1, -0.05) is 0 Å². The van der Waals surface area contributed by atoms with Gasteiger partial charge in [-0.25, -0.2) is 0 Å². The summed E-state index contributed by atoms with van der Waals surface area (Å²) in [5.41, 5.74) is 0. The summed E-state index contributed by atoms with van der Waals surface area (Å²) < 4.78 is 5.18. The van der Waals surface area contributed by atoms with Gasteiger partial charge in [-0.05, 0) is 19.3 Å². The third-order valence-corrected chi connectivity index (χ3v) is 2.86. The van der Waals surface area contributed by atoms with Gasteiger partial charge in [0.1, 0.15) is 0 Å². The van der Waals surface area contributed by atoms with E-state index in [9.17, 15) is 9.59 Å². The quantitative estimate of drug-likeness (QED) is 0.686. The zero-order valence-corrected chi connectivity index (χ0v) is 9.65. The number of likely N-dealkylation sites (tertiary alicyclic amines) is 1. The molecule has 5 heteroatoms. The smallest absolute Gasteiger partial charge is 0.303 e. The monoisotopic (exact) mass is 229 g/mol. The minimum absolute atomic E-state index is 0.116. The zero-order chi connectivity index (χ0) is 12.0. The second-order valence-corrected chi connectivity index (χ2v) is 4.09. The van der Waals surface area contributed by atoms with Gasteiger partial charge in [0.2, 0.25) is 5.91 Å². The Balaban J connectivity index is 2.13. The van der Waals surface area contributed by atoms with Crippen molar-refractivity contribution in [1.29, 1.82) is 0 Å². The first kappa shape index (κ1) is 13.0. The molecule has 0 aromatic heterocycles. The molecule has 0 bridgehead atoms. The molecular formula is C11H19NO4. The number of carbonyl (C=O) groups excluding carboxylic acids is 1. The molecule has 0 aromatic rings. The Bertz CT molecular complexity index is 254. The molecule has 0 aromatic carbocycles. The van der Waals surface area contributed by atoms with E-state index in [4.69, 9.17) is 9.84 Å². The molecule has 1 atom stereocenters. The first-order valence-corrected chi connectivity index (χ1v) is 5.66. The summed E-state index contributed by atoms with van der Waals surface area (Å²) in [5, 5.41) is 8.44. The summed E-state index contributed by atoms with van der Waals surface area (Å²) in [4.78, 5) is 23.7. The van der Waals surface area contributed by atoms with E-state index in [2.05, 4.69) is 0 Å². The maximum Gasteiger partial charge on any atom is 0.303 e. The zero-order valence-electron chi connectivity index (χ0n) is 9.65. The molecule has 16 heavy (non-hydrogen) atoms. The van der Waals surface area contributed by atoms with Gasteiger partial charge in [0.25, 0.3) is 0 Å². The summed E-state index contributed by atoms with van der Waals surface area (Å²) in [6.45, 7) is 1.44. The van der Waals surface area contributed by atoms with Crippen molar-refractivity contribution in [1.82, 2.24) is 4.90 Å². The van der Waals surface area contributed by atoms with Gasteiger partial charge in [-0.15, -0.1) is 0 Å². The maximum absolute atomic E-state index is 11.7. The molecule has 1 aliphatic rings. The van der Waals surface area contributed by atoms with Crippen LogP contribution in [0.5, 0.6) is 0 Å². The second kappa shape index (κ2) is 6.48. The number of carboxylic acid groups (broad SMARTS) is 1. The molecule has 0 aliphatic carbocycles. The minimum atomic E-state index is -0.798. The number of hydrogen-bond acceptors (Lipinski definition) is 3. The molecule has 5 nitrogen and oxygen atoms in total. The Morgan fingerprint density at radius 1 is 1.38 bits per heavy atom. The van der Waals surface area contributed by atoms with E-state index >= 15 is 0 Å². The second-order valence-electron chi connectivity index (χ2n) is 4.09. The van der Waals surface area contributed by atoms with Crippen molar-refractivity contribution < 1.29 is 19.4 Å². The maximum atomic E-state index is 11.7. The molecule has 1 N–H and O–H groups in total. The highest BCUT2D eigenvalue weighted by Crippen LogP contribution is 2.14. The van der Waals surface area contributed by atoms with Gasteiger partial charge in [0.15, 0.2) is 0 Å². The van der Waals surface area contributed by atoms with Crippen LogP contribution in [-0.2, 0) is 14.3 Å². The SMILES string of the molecule is COC1CCN(C(=O)CCCCC(=O)O)C1. The highest BCUT2D eigenvalue weighted by atomic mass is 16.5. The lowest BCUT2D eigenvalue weighted by molar-refractivity contribution is -0.137. The highest BCUT2D eigenvalue weighted by molar-refractivity contribution is 5.76. The van der Waals surface area contributed by atoms with Gasteiger partial charge < -0.3 is 14.7 Å². The number of nitrogens with zero attached hydrogens (tertiary/aromatic N) is 1. The topological polar surface area (TPSA) is 66.8 Å². The average molecular weight is 229 g/mol. The van der Waals surface area contributed by atoms with E-state index in [-0.39, 0.29) is 18.4 Å². The molecule has 92 valence electrons. The van der Waals surface area contributed by atoms with Crippen LogP contribution in [0, 0.1) is 0 Å². The van der Waals surface area contributed by atoms with Crippen LogP contribution in [0.4, 0.5) is 0 Å². The van der Waals surface area contributed by atoms with Crippen molar-refractivity contribution in [3.05, 3.63) is 0 Å². The Hall–Kier alpha value is -1.10. The molecular weight excluding hydrogens is 210 g/mol. The molecule has 1 amide bonds. The Labute approximate surface area is 95.4 Å². The normalized spacial score (nSPS) is 20.1. The number of carbonyl (C=O) groups is 2. The first-order chi connectivity index (χ1) is 7.63. The number of carboxylic acids is 1. The lowest BCUT2D eigenvalue weighted by atomic mass is 10.2. The Morgan fingerprint density at radius 3 is 2.62 bits per heavy atom. The molecule has 1 aliphatic heterocycles. The van der Waals surface area contributed by atoms with Crippen LogP contribution in [0.2, 0.25) is 0 Å². The van der Waals surface area contributed by atoms with Crippen LogP contribution in [0.25, 0.3) is 0 Å². The fourth-order valence-electron chi connectivity index (χ4n) is 1.86. The van der Waals surface area contributed by atoms with Gasteiger partial charge >= 0.3 is 5.97 Å². The molecule has 1 heterocycles. The minimum Gasteiger partial charge on any atom is -0.481 e. The molecule has 1 fully saturated rings. The number of ether oxygens (including phenoxy) is 1. The lowest BCUT2D eigenvalue weighted by Gasteiger charge is -2.15. The number of amides is 1. The third kappa shape index (κ3) is 4.18. The van der Waals surface area contributed by atoms with Crippen LogP contribution in [0.15, 0.2) is 0 Å². The van der Waals surface area contributed by atoms with Crippen molar-refractivity contribution in [2.45, 2.75) is 38.2 Å². The third-order valence-electron chi connectivity index (χ3n) is 2.86. The Morgan fingerprint density at radius 2 is 2.06 bits per heavy atom. The van der Waals surface area contributed by atoms with Crippen LogP contribution in [-0.4, -0.2) is 48.2 Å². The number of hydrogen-bond donors (Lipinski definition) is 1. The lowest BCUT2D eigenvalue weighted by Crippen LogP contribution is -2.29. The van der Waals surface area contributed by atoms with E-state index in [1.165, 1.54) is 0 Å². The molecule has 1 rings (SSSR count). The Kier molecular flexibility index (Phi) is 5.25. The van der Waals surface area contributed by atoms with Gasteiger partial charge in [-0.3, -0.25) is 9.59 Å². The van der Waals surface area contributed by atoms with Crippen molar-refractivity contribution in [2.24, 2.45) is 0 Å². The van der Waals surface area contributed by atoms with Crippen LogP contribution in [0.3, 0.4) is 0 Å². The van der Waals surface area contributed by atoms with Crippen LogP contribution >= 0.6 is 0 Å². The predicted molar refractivity (Wildman–Crippen MR) is 58.1 cm³/mol. The number of rotatable bonds is 6. The average Bonchev–Trinajstić information content (AvgIpc) is 2.72. The first-order valence-electron chi connectivity index (χ1n) is 5.66. The fraction of sp³-hybridized carbons (Fsp3) is 0.818. The summed E-state index contributed by atoms with van der Waals surface area (Å²) in [5.74, 6) is -0.682. The molecule has 0 spiro atoms. The van der Waals surface area contributed by atoms with Crippen molar-refractivity contribution in [3.8, 4) is 0 Å². The summed E-state index contributed by atoms with van der Waals surface area (Å²) >= 11 is 0. The van der Waals surface area contributed by atoms with Crippen molar-refractivity contribution in [2.75, 3.05) is 20.2 Å². The number of aliphatic carboxylic acids is 1. The van der Waals surface area contributed by atoms with Gasteiger partial charge in [0, 0.05) is 33.0 Å². The number of unbranched alkanes of at least 4 members (excludes halogenated alkanes) is 1. The van der Waals surface area contributed by atoms with Gasteiger partial charge in [0.05, 0.1) is 6.10 Å². The van der Waals surface area contributed by atoms with Crippen molar-refractivity contribution >= 4 is 11.9 Å². The molecule has 0 saturated carbocycles. The highest BCUT2D eigenvalue weighted by Gasteiger charge is 2.25. The van der Waals surface area contributed by atoms with E-state index in [0.29, 0.717) is 25.8 Å². The molecule has 1 unspecified atom stereocenters. The van der Waals surface area contributed by atoms with E-state index < -0.39 is 5.97 Å². The van der Waals surface area contributed by atoms with Crippen molar-refractivity contribution in [3.63, 3.8) is 0 Å². The largest absolute Gasteiger partial charge is 0.481 e. The van der Waals surface area contributed by atoms with E-state index in [1.54, 1.807) is 12.0 Å². The predicted octanol–water partition coefficient (Wildman–Crippen LogP) is 0.879. The number of methoxy groups -OCH3 is 1. The van der Waals surface area contributed by atoms with Crippen LogP contribution < -0.4 is 0 Å². The molecule has 1 saturated heterocycles. The summed E-state index contributed by atoms with van der Waals surface area (Å²) in [6.07, 6.45) is 2.89. The standard InChI is InChI=1S/C11H19NO4/c1-16-9-6-7-12(8-9)10(13)4-2-3-5-11(14)15/h9H,2-8H2,1H3,(H,14,15). The van der Waals surface area contributed by atoms with Crippen LogP contribution in [0.1, 0.15) is 32.1 Å². The van der Waals surface area contributed by atoms with E-state index in [0.717, 1.165) is 13.0 Å². The molecule has 0 radical (unpaired) electrons. The summed E-state index contributed by atoms with van der Waals surface area (Å²) in [6, 6.07) is 0. The fourth-order valence-corrected chi connectivity index (χ4v) is 1.86. The van der Waals surface area contributed by atoms with Gasteiger partial charge in [-0.2, -0.15) is 0 Å². The summed E-state index contributed by atoms with van der Waals surface area (Å²) in [7, 11) is 1.66.